The summed E-state index contributed by atoms with van der Waals surface area (Å²) in [4.78, 5) is 15.1. The highest BCUT2D eigenvalue weighted by Crippen LogP contribution is 2.20. The Hall–Kier alpha value is -2.06. The summed E-state index contributed by atoms with van der Waals surface area (Å²) < 4.78 is 47.3. The van der Waals surface area contributed by atoms with Gasteiger partial charge in [-0.3, -0.25) is 4.79 Å². The van der Waals surface area contributed by atoms with Crippen molar-refractivity contribution >= 4 is 33.0 Å². The van der Waals surface area contributed by atoms with Crippen LogP contribution in [0.1, 0.15) is 10.4 Å². The number of halogens is 3. The molecule has 1 aromatic heterocycles. The van der Waals surface area contributed by atoms with Gasteiger partial charge in [-0.05, 0) is 36.4 Å². The van der Waals surface area contributed by atoms with E-state index in [1.165, 1.54) is 30.5 Å². The third kappa shape index (κ3) is 3.58. The van der Waals surface area contributed by atoms with E-state index in [0.717, 1.165) is 12.1 Å². The average molecular weight is 347 g/mol. The Balaban J connectivity index is 2.15. The first-order valence-electron chi connectivity index (χ1n) is 5.86. The van der Waals surface area contributed by atoms with E-state index in [2.05, 4.69) is 10.3 Å². The number of nitrogens with one attached hydrogen (secondary N) is 1. The van der Waals surface area contributed by atoms with E-state index in [1.807, 2.05) is 0 Å². The molecule has 2 aromatic rings. The molecular formula is C13H9ClF2N2O3S. The highest BCUT2D eigenvalue weighted by molar-refractivity contribution is 7.91. The maximum Gasteiger partial charge on any atom is 0.341 e. The molecule has 1 heterocycles. The van der Waals surface area contributed by atoms with E-state index in [1.54, 1.807) is 0 Å². The molecule has 116 valence electrons. The Morgan fingerprint density at radius 3 is 2.27 bits per heavy atom. The van der Waals surface area contributed by atoms with Crippen LogP contribution in [0.2, 0.25) is 5.15 Å². The number of sulfone groups is 1. The number of nitrogens with zero attached hydrogens (tertiary/aromatic N) is 1. The van der Waals surface area contributed by atoms with E-state index >= 15 is 0 Å². The van der Waals surface area contributed by atoms with Gasteiger partial charge in [0.1, 0.15) is 5.15 Å². The van der Waals surface area contributed by atoms with Gasteiger partial charge in [-0.25, -0.2) is 13.4 Å². The zero-order chi connectivity index (χ0) is 16.3. The topological polar surface area (TPSA) is 76.1 Å². The molecule has 1 aromatic carbocycles. The minimum Gasteiger partial charge on any atom is -0.322 e. The summed E-state index contributed by atoms with van der Waals surface area (Å²) >= 11 is 5.60. The quantitative estimate of drug-likeness (QED) is 0.863. The summed E-state index contributed by atoms with van der Waals surface area (Å²) in [7, 11) is -4.65. The summed E-state index contributed by atoms with van der Waals surface area (Å²) in [6.45, 7) is 0. The van der Waals surface area contributed by atoms with Crippen molar-refractivity contribution in [2.75, 3.05) is 5.32 Å². The first-order chi connectivity index (χ1) is 10.3. The number of hydrogen-bond donors (Lipinski definition) is 1. The maximum atomic E-state index is 12.4. The zero-order valence-electron chi connectivity index (χ0n) is 10.8. The first-order valence-corrected chi connectivity index (χ1v) is 7.78. The summed E-state index contributed by atoms with van der Waals surface area (Å²) in [5, 5.41) is 2.72. The molecule has 0 unspecified atom stereocenters. The van der Waals surface area contributed by atoms with E-state index in [-0.39, 0.29) is 16.4 Å². The van der Waals surface area contributed by atoms with Gasteiger partial charge in [0.2, 0.25) is 9.84 Å². The molecule has 1 amide bonds. The number of alkyl halides is 2. The van der Waals surface area contributed by atoms with Gasteiger partial charge in [0.05, 0.1) is 10.5 Å². The van der Waals surface area contributed by atoms with Crippen LogP contribution in [0.25, 0.3) is 0 Å². The molecule has 2 rings (SSSR count). The molecule has 22 heavy (non-hydrogen) atoms. The van der Waals surface area contributed by atoms with Crippen LogP contribution >= 0.6 is 11.6 Å². The Labute approximate surface area is 129 Å². The monoisotopic (exact) mass is 346 g/mol. The number of anilines is 1. The largest absolute Gasteiger partial charge is 0.341 e. The summed E-state index contributed by atoms with van der Waals surface area (Å²) in [6, 6.07) is 7.33. The van der Waals surface area contributed by atoms with Crippen LogP contribution in [-0.4, -0.2) is 25.1 Å². The number of amides is 1. The van der Waals surface area contributed by atoms with Gasteiger partial charge in [0, 0.05) is 11.9 Å². The van der Waals surface area contributed by atoms with E-state index < -0.39 is 26.4 Å². The fourth-order valence-corrected chi connectivity index (χ4v) is 2.38. The number of rotatable bonds is 4. The standard InChI is InChI=1S/C13H9ClF2N2O3S/c14-11-6-1-8(7-17-11)12(19)18-9-2-4-10(5-3-9)22(20,21)13(15)16/h1-7,13H,(H,18,19). The molecule has 5 nitrogen and oxygen atoms in total. The van der Waals surface area contributed by atoms with E-state index in [0.29, 0.717) is 0 Å². The fourth-order valence-electron chi connectivity index (χ4n) is 1.54. The number of hydrogen-bond acceptors (Lipinski definition) is 4. The number of benzene rings is 1. The van der Waals surface area contributed by atoms with Crippen molar-refractivity contribution in [2.45, 2.75) is 10.7 Å². The van der Waals surface area contributed by atoms with Crippen LogP contribution in [0.4, 0.5) is 14.5 Å². The van der Waals surface area contributed by atoms with Gasteiger partial charge in [0.25, 0.3) is 5.91 Å². The predicted octanol–water partition coefficient (Wildman–Crippen LogP) is 2.98. The molecular weight excluding hydrogens is 338 g/mol. The molecule has 0 aliphatic rings. The second-order valence-corrected chi connectivity index (χ2v) is 6.46. The minimum atomic E-state index is -4.65. The molecule has 9 heteroatoms. The van der Waals surface area contributed by atoms with Gasteiger partial charge in [-0.2, -0.15) is 8.78 Å². The van der Waals surface area contributed by atoms with E-state index in [4.69, 9.17) is 11.6 Å². The second-order valence-electron chi connectivity index (χ2n) is 4.15. The Morgan fingerprint density at radius 1 is 1.14 bits per heavy atom. The number of aromatic nitrogens is 1. The molecule has 0 atom stereocenters. The van der Waals surface area contributed by atoms with Gasteiger partial charge in [-0.15, -0.1) is 0 Å². The lowest BCUT2D eigenvalue weighted by atomic mass is 10.2. The third-order valence-electron chi connectivity index (χ3n) is 2.66. The van der Waals surface area contributed by atoms with Crippen molar-refractivity contribution in [3.05, 3.63) is 53.3 Å². The first kappa shape index (κ1) is 16.3. The number of carbonyl (C=O) groups excluding carboxylic acids is 1. The molecule has 0 spiro atoms. The van der Waals surface area contributed by atoms with E-state index in [9.17, 15) is 22.0 Å². The normalized spacial score (nSPS) is 11.5. The molecule has 0 fully saturated rings. The highest BCUT2D eigenvalue weighted by atomic mass is 35.5. The Bertz CT molecular complexity index is 778. The zero-order valence-corrected chi connectivity index (χ0v) is 12.4. The van der Waals surface area contributed by atoms with Gasteiger partial charge < -0.3 is 5.32 Å². The molecule has 0 bridgehead atoms. The lowest BCUT2D eigenvalue weighted by Crippen LogP contribution is -2.13. The molecule has 0 radical (unpaired) electrons. The molecule has 0 aliphatic carbocycles. The fraction of sp³-hybridized carbons (Fsp3) is 0.0769. The van der Waals surface area contributed by atoms with Crippen LogP contribution in [0.5, 0.6) is 0 Å². The molecule has 0 aliphatic heterocycles. The summed E-state index contributed by atoms with van der Waals surface area (Å²) in [5.41, 5.74) is 0.502. The average Bonchev–Trinajstić information content (AvgIpc) is 2.48. The smallest absolute Gasteiger partial charge is 0.322 e. The summed E-state index contributed by atoms with van der Waals surface area (Å²) in [5.74, 6) is -3.98. The summed E-state index contributed by atoms with van der Waals surface area (Å²) in [6.07, 6.45) is 1.27. The SMILES string of the molecule is O=C(Nc1ccc(S(=O)(=O)C(F)F)cc1)c1ccc(Cl)nc1. The second kappa shape index (κ2) is 6.37. The lowest BCUT2D eigenvalue weighted by molar-refractivity contribution is 0.102. The molecule has 1 N–H and O–H groups in total. The molecule has 0 saturated carbocycles. The van der Waals surface area contributed by atoms with Crippen LogP contribution in [0, 0.1) is 0 Å². The lowest BCUT2D eigenvalue weighted by Gasteiger charge is -2.07. The Kier molecular flexibility index (Phi) is 4.72. The number of pyridine rings is 1. The van der Waals surface area contributed by atoms with Crippen molar-refractivity contribution in [2.24, 2.45) is 0 Å². The van der Waals surface area contributed by atoms with Crippen molar-refractivity contribution in [1.29, 1.82) is 0 Å². The maximum absolute atomic E-state index is 12.4. The third-order valence-corrected chi connectivity index (χ3v) is 4.29. The van der Waals surface area contributed by atoms with Crippen molar-refractivity contribution in [3.63, 3.8) is 0 Å². The molecule has 0 saturated heterocycles. The van der Waals surface area contributed by atoms with Crippen molar-refractivity contribution in [3.8, 4) is 0 Å². The highest BCUT2D eigenvalue weighted by Gasteiger charge is 2.26. The Morgan fingerprint density at radius 2 is 1.77 bits per heavy atom. The van der Waals surface area contributed by atoms with Crippen molar-refractivity contribution in [1.82, 2.24) is 4.98 Å². The van der Waals surface area contributed by atoms with Gasteiger partial charge in [-0.1, -0.05) is 11.6 Å². The van der Waals surface area contributed by atoms with Crippen LogP contribution < -0.4 is 5.32 Å². The number of carbonyl (C=O) groups is 1. The van der Waals surface area contributed by atoms with Gasteiger partial charge in [0.15, 0.2) is 0 Å². The minimum absolute atomic E-state index is 0.234. The van der Waals surface area contributed by atoms with Crippen LogP contribution in [-0.2, 0) is 9.84 Å². The van der Waals surface area contributed by atoms with Crippen LogP contribution in [0.3, 0.4) is 0 Å². The van der Waals surface area contributed by atoms with Crippen molar-refractivity contribution < 1.29 is 22.0 Å². The van der Waals surface area contributed by atoms with Gasteiger partial charge >= 0.3 is 5.76 Å². The predicted molar refractivity (Wildman–Crippen MR) is 76.8 cm³/mol. The van der Waals surface area contributed by atoms with Crippen LogP contribution in [0.15, 0.2) is 47.5 Å².